The molecule has 0 atom stereocenters. The van der Waals surface area contributed by atoms with E-state index in [4.69, 9.17) is 4.52 Å². The van der Waals surface area contributed by atoms with Gasteiger partial charge in [0.2, 0.25) is 0 Å². The number of benzene rings is 1. The third-order valence-electron chi connectivity index (χ3n) is 3.94. The van der Waals surface area contributed by atoms with Gasteiger partial charge in [-0.2, -0.15) is 0 Å². The van der Waals surface area contributed by atoms with Crippen molar-refractivity contribution < 1.29 is 9.32 Å². The maximum Gasteiger partial charge on any atom is 0.321 e. The van der Waals surface area contributed by atoms with Gasteiger partial charge in [0.25, 0.3) is 0 Å². The lowest BCUT2D eigenvalue weighted by molar-refractivity contribution is 0.208. The van der Waals surface area contributed by atoms with Crippen molar-refractivity contribution in [2.75, 3.05) is 36.4 Å². The summed E-state index contributed by atoms with van der Waals surface area (Å²) < 4.78 is 6.11. The van der Waals surface area contributed by atoms with E-state index < -0.39 is 0 Å². The van der Waals surface area contributed by atoms with Crippen molar-refractivity contribution in [1.82, 2.24) is 10.1 Å². The van der Waals surface area contributed by atoms with Crippen LogP contribution in [0.3, 0.4) is 0 Å². The summed E-state index contributed by atoms with van der Waals surface area (Å²) in [6, 6.07) is 7.67. The Kier molecular flexibility index (Phi) is 4.56. The van der Waals surface area contributed by atoms with Crippen LogP contribution in [0.15, 0.2) is 33.3 Å². The van der Waals surface area contributed by atoms with Gasteiger partial charge in [-0.05, 0) is 37.6 Å². The fourth-order valence-electron chi connectivity index (χ4n) is 2.60. The number of halogens is 1. The zero-order valence-electron chi connectivity index (χ0n) is 13.2. The second-order valence-corrected chi connectivity index (χ2v) is 6.57. The van der Waals surface area contributed by atoms with Crippen LogP contribution >= 0.6 is 15.9 Å². The maximum atomic E-state index is 12.4. The van der Waals surface area contributed by atoms with E-state index >= 15 is 0 Å². The highest BCUT2D eigenvalue weighted by Gasteiger charge is 2.23. The summed E-state index contributed by atoms with van der Waals surface area (Å²) in [7, 11) is 0. The molecule has 0 aliphatic carbocycles. The molecule has 0 unspecified atom stereocenters. The molecule has 2 heterocycles. The fourth-order valence-corrected chi connectivity index (χ4v) is 3.08. The molecule has 0 radical (unpaired) electrons. The van der Waals surface area contributed by atoms with Crippen LogP contribution in [0, 0.1) is 13.8 Å². The van der Waals surface area contributed by atoms with Crippen LogP contribution in [0.2, 0.25) is 0 Å². The minimum Gasteiger partial charge on any atom is -0.360 e. The van der Waals surface area contributed by atoms with Gasteiger partial charge in [0.05, 0.1) is 0 Å². The van der Waals surface area contributed by atoms with Crippen molar-refractivity contribution in [1.29, 1.82) is 0 Å². The Bertz CT molecular complexity index is 708. The van der Waals surface area contributed by atoms with Crippen LogP contribution in [-0.4, -0.2) is 42.3 Å². The number of aryl methyl sites for hydroxylation is 2. The molecule has 122 valence electrons. The van der Waals surface area contributed by atoms with Gasteiger partial charge in [-0.25, -0.2) is 4.79 Å². The van der Waals surface area contributed by atoms with E-state index in [1.54, 1.807) is 0 Å². The first-order chi connectivity index (χ1) is 11.0. The zero-order valence-corrected chi connectivity index (χ0v) is 14.8. The average Bonchev–Trinajstić information content (AvgIpc) is 2.97. The normalized spacial score (nSPS) is 14.9. The Hall–Kier alpha value is -2.02. The monoisotopic (exact) mass is 378 g/mol. The standard InChI is InChI=1S/C16H19BrN4O2/c1-11-9-13(17)3-4-14(11)18-16(22)21-7-5-20(6-8-21)15-10-12(2)23-19-15/h3-4,9-10H,5-8H2,1-2H3,(H,18,22). The summed E-state index contributed by atoms with van der Waals surface area (Å²) >= 11 is 3.43. The second-order valence-electron chi connectivity index (χ2n) is 5.66. The van der Waals surface area contributed by atoms with E-state index in [-0.39, 0.29) is 6.03 Å². The SMILES string of the molecule is Cc1cc(N2CCN(C(=O)Nc3ccc(Br)cc3C)CC2)no1. The molecule has 0 spiro atoms. The number of carbonyl (C=O) groups excluding carboxylic acids is 1. The van der Waals surface area contributed by atoms with Crippen molar-refractivity contribution in [3.8, 4) is 0 Å². The first-order valence-corrected chi connectivity index (χ1v) is 8.32. The number of anilines is 2. The number of rotatable bonds is 2. The van der Waals surface area contributed by atoms with Crippen LogP contribution in [0.1, 0.15) is 11.3 Å². The summed E-state index contributed by atoms with van der Waals surface area (Å²) in [6.45, 7) is 6.67. The van der Waals surface area contributed by atoms with Crippen LogP contribution in [0.25, 0.3) is 0 Å². The second kappa shape index (κ2) is 6.62. The third-order valence-corrected chi connectivity index (χ3v) is 4.43. The number of nitrogens with one attached hydrogen (secondary N) is 1. The molecule has 23 heavy (non-hydrogen) atoms. The number of amides is 2. The van der Waals surface area contributed by atoms with E-state index in [1.807, 2.05) is 43.0 Å². The lowest BCUT2D eigenvalue weighted by Gasteiger charge is -2.34. The first-order valence-electron chi connectivity index (χ1n) is 7.53. The van der Waals surface area contributed by atoms with Gasteiger partial charge in [0.15, 0.2) is 5.82 Å². The number of hydrogen-bond donors (Lipinski definition) is 1. The highest BCUT2D eigenvalue weighted by Crippen LogP contribution is 2.21. The molecular formula is C16H19BrN4O2. The molecule has 1 N–H and O–H groups in total. The minimum absolute atomic E-state index is 0.0635. The van der Waals surface area contributed by atoms with Gasteiger partial charge < -0.3 is 19.6 Å². The predicted molar refractivity (Wildman–Crippen MR) is 92.9 cm³/mol. The summed E-state index contributed by atoms with van der Waals surface area (Å²) in [5.41, 5.74) is 1.87. The molecule has 1 aliphatic rings. The molecule has 0 saturated carbocycles. The molecule has 2 aromatic rings. The average molecular weight is 379 g/mol. The fraction of sp³-hybridized carbons (Fsp3) is 0.375. The molecule has 1 aliphatic heterocycles. The van der Waals surface area contributed by atoms with Crippen molar-refractivity contribution in [3.05, 3.63) is 40.1 Å². The van der Waals surface area contributed by atoms with Gasteiger partial charge in [0, 0.05) is 42.4 Å². The molecule has 2 amide bonds. The summed E-state index contributed by atoms with van der Waals surface area (Å²) in [5, 5.41) is 7.00. The Morgan fingerprint density at radius 1 is 1.22 bits per heavy atom. The topological polar surface area (TPSA) is 61.6 Å². The lowest BCUT2D eigenvalue weighted by Crippen LogP contribution is -2.50. The maximum absolute atomic E-state index is 12.4. The molecule has 3 rings (SSSR count). The summed E-state index contributed by atoms with van der Waals surface area (Å²) in [4.78, 5) is 16.4. The molecule has 1 aromatic heterocycles. The molecule has 1 fully saturated rings. The number of carbonyl (C=O) groups is 1. The molecule has 6 nitrogen and oxygen atoms in total. The highest BCUT2D eigenvalue weighted by atomic mass is 79.9. The van der Waals surface area contributed by atoms with E-state index in [9.17, 15) is 4.79 Å². The quantitative estimate of drug-likeness (QED) is 0.869. The van der Waals surface area contributed by atoms with Crippen molar-refractivity contribution in [3.63, 3.8) is 0 Å². The number of piperazine rings is 1. The van der Waals surface area contributed by atoms with Crippen molar-refractivity contribution in [2.24, 2.45) is 0 Å². The van der Waals surface area contributed by atoms with Gasteiger partial charge in [0.1, 0.15) is 5.76 Å². The molecule has 0 bridgehead atoms. The van der Waals surface area contributed by atoms with Gasteiger partial charge in [-0.15, -0.1) is 0 Å². The molecule has 1 saturated heterocycles. The van der Waals surface area contributed by atoms with E-state index in [1.165, 1.54) is 0 Å². The van der Waals surface area contributed by atoms with Crippen LogP contribution < -0.4 is 10.2 Å². The number of nitrogens with zero attached hydrogens (tertiary/aromatic N) is 3. The predicted octanol–water partition coefficient (Wildman–Crippen LogP) is 3.41. The largest absolute Gasteiger partial charge is 0.360 e. The van der Waals surface area contributed by atoms with Crippen molar-refractivity contribution >= 4 is 33.5 Å². The zero-order chi connectivity index (χ0) is 16.4. The van der Waals surface area contributed by atoms with Crippen LogP contribution in [0.5, 0.6) is 0 Å². The van der Waals surface area contributed by atoms with E-state index in [0.29, 0.717) is 13.1 Å². The van der Waals surface area contributed by atoms with Crippen LogP contribution in [-0.2, 0) is 0 Å². The van der Waals surface area contributed by atoms with Crippen LogP contribution in [0.4, 0.5) is 16.3 Å². The molecule has 1 aromatic carbocycles. The Balaban J connectivity index is 1.58. The van der Waals surface area contributed by atoms with E-state index in [2.05, 4.69) is 31.3 Å². The lowest BCUT2D eigenvalue weighted by atomic mass is 10.2. The number of aromatic nitrogens is 1. The number of urea groups is 1. The summed E-state index contributed by atoms with van der Waals surface area (Å²) in [6.07, 6.45) is 0. The number of hydrogen-bond acceptors (Lipinski definition) is 4. The van der Waals surface area contributed by atoms with Gasteiger partial charge in [-0.1, -0.05) is 21.1 Å². The molecule has 7 heteroatoms. The highest BCUT2D eigenvalue weighted by molar-refractivity contribution is 9.10. The minimum atomic E-state index is -0.0635. The summed E-state index contributed by atoms with van der Waals surface area (Å²) in [5.74, 6) is 1.64. The third kappa shape index (κ3) is 3.67. The molecular weight excluding hydrogens is 360 g/mol. The Labute approximate surface area is 143 Å². The smallest absolute Gasteiger partial charge is 0.321 e. The Morgan fingerprint density at radius 2 is 1.96 bits per heavy atom. The first kappa shape index (κ1) is 15.9. The van der Waals surface area contributed by atoms with Gasteiger partial charge >= 0.3 is 6.03 Å². The van der Waals surface area contributed by atoms with E-state index in [0.717, 1.165) is 40.4 Å². The van der Waals surface area contributed by atoms with Crippen molar-refractivity contribution in [2.45, 2.75) is 13.8 Å². The Morgan fingerprint density at radius 3 is 2.57 bits per heavy atom. The van der Waals surface area contributed by atoms with Gasteiger partial charge in [-0.3, -0.25) is 0 Å².